The number of nitrogens with zero attached hydrogens (tertiary/aromatic N) is 1. The quantitative estimate of drug-likeness (QED) is 0.848. The smallest absolute Gasteiger partial charge is 0.319 e. The molecule has 1 saturated heterocycles. The van der Waals surface area contributed by atoms with E-state index in [1.165, 1.54) is 5.56 Å². The van der Waals surface area contributed by atoms with Crippen LogP contribution in [0.5, 0.6) is 5.75 Å². The molecule has 1 atom stereocenters. The molecule has 27 heavy (non-hydrogen) atoms. The SMILES string of the molecule is CCOc1ccc(NC(=O)N[C@@H]2CC(=O)N(c3ccc(C)c(C)c3)C2)cc1. The Bertz CT molecular complexity index is 833. The third-order valence-corrected chi connectivity index (χ3v) is 4.69. The Labute approximate surface area is 159 Å². The Morgan fingerprint density at radius 1 is 1.15 bits per heavy atom. The van der Waals surface area contributed by atoms with Crippen molar-refractivity contribution in [2.24, 2.45) is 0 Å². The fourth-order valence-electron chi connectivity index (χ4n) is 3.10. The van der Waals surface area contributed by atoms with E-state index >= 15 is 0 Å². The number of benzene rings is 2. The van der Waals surface area contributed by atoms with Gasteiger partial charge in [0.2, 0.25) is 5.91 Å². The summed E-state index contributed by atoms with van der Waals surface area (Å²) in [5.74, 6) is 0.776. The number of nitrogens with one attached hydrogen (secondary N) is 2. The van der Waals surface area contributed by atoms with Crippen LogP contribution in [-0.2, 0) is 4.79 Å². The highest BCUT2D eigenvalue weighted by molar-refractivity contribution is 5.97. The first-order valence-corrected chi connectivity index (χ1v) is 9.14. The maximum absolute atomic E-state index is 12.4. The Morgan fingerprint density at radius 2 is 1.89 bits per heavy atom. The van der Waals surface area contributed by atoms with Crippen LogP contribution in [0.3, 0.4) is 0 Å². The van der Waals surface area contributed by atoms with Crippen LogP contribution in [0.2, 0.25) is 0 Å². The highest BCUT2D eigenvalue weighted by Gasteiger charge is 2.31. The van der Waals surface area contributed by atoms with Gasteiger partial charge < -0.3 is 20.3 Å². The van der Waals surface area contributed by atoms with Gasteiger partial charge in [-0.25, -0.2) is 4.79 Å². The standard InChI is InChI=1S/C21H25N3O3/c1-4-27-19-9-6-16(7-10-19)22-21(26)23-17-12-20(25)24(13-17)18-8-5-14(2)15(3)11-18/h5-11,17H,4,12-13H2,1-3H3,(H2,22,23,26)/t17-/m1/s1. The summed E-state index contributed by atoms with van der Waals surface area (Å²) >= 11 is 0. The van der Waals surface area contributed by atoms with E-state index in [1.54, 1.807) is 29.2 Å². The zero-order chi connectivity index (χ0) is 19.4. The maximum Gasteiger partial charge on any atom is 0.319 e. The van der Waals surface area contributed by atoms with Gasteiger partial charge in [-0.05, 0) is 68.3 Å². The first kappa shape index (κ1) is 18.8. The summed E-state index contributed by atoms with van der Waals surface area (Å²) in [4.78, 5) is 26.3. The molecule has 3 amide bonds. The first-order chi connectivity index (χ1) is 13.0. The summed E-state index contributed by atoms with van der Waals surface area (Å²) in [6.07, 6.45) is 0.295. The van der Waals surface area contributed by atoms with Crippen molar-refractivity contribution in [1.82, 2.24) is 5.32 Å². The van der Waals surface area contributed by atoms with Crippen molar-refractivity contribution >= 4 is 23.3 Å². The number of carbonyl (C=O) groups excluding carboxylic acids is 2. The van der Waals surface area contributed by atoms with E-state index in [1.807, 2.05) is 39.0 Å². The Balaban J connectivity index is 1.57. The lowest BCUT2D eigenvalue weighted by molar-refractivity contribution is -0.117. The molecule has 2 aromatic rings. The van der Waals surface area contributed by atoms with E-state index in [2.05, 4.69) is 10.6 Å². The molecule has 0 unspecified atom stereocenters. The van der Waals surface area contributed by atoms with Crippen LogP contribution in [-0.4, -0.2) is 31.1 Å². The van der Waals surface area contributed by atoms with Gasteiger partial charge >= 0.3 is 6.03 Å². The van der Waals surface area contributed by atoms with Gasteiger partial charge in [0.05, 0.1) is 12.6 Å². The molecule has 0 bridgehead atoms. The lowest BCUT2D eigenvalue weighted by Gasteiger charge is -2.18. The van der Waals surface area contributed by atoms with Crippen LogP contribution in [0, 0.1) is 13.8 Å². The number of hydrogen-bond acceptors (Lipinski definition) is 3. The second-order valence-electron chi connectivity index (χ2n) is 6.73. The average Bonchev–Trinajstić information content (AvgIpc) is 2.99. The summed E-state index contributed by atoms with van der Waals surface area (Å²) in [6, 6.07) is 12.6. The van der Waals surface area contributed by atoms with Crippen molar-refractivity contribution in [2.45, 2.75) is 33.2 Å². The molecule has 1 aliphatic rings. The van der Waals surface area contributed by atoms with E-state index in [-0.39, 0.29) is 18.0 Å². The molecule has 1 aliphatic heterocycles. The van der Waals surface area contributed by atoms with Gasteiger partial charge in [0.1, 0.15) is 5.75 Å². The van der Waals surface area contributed by atoms with Gasteiger partial charge in [-0.3, -0.25) is 4.79 Å². The number of carbonyl (C=O) groups is 2. The molecule has 0 spiro atoms. The fraction of sp³-hybridized carbons (Fsp3) is 0.333. The minimum atomic E-state index is -0.320. The van der Waals surface area contributed by atoms with E-state index in [0.717, 1.165) is 17.0 Å². The van der Waals surface area contributed by atoms with Crippen LogP contribution >= 0.6 is 0 Å². The molecular weight excluding hydrogens is 342 g/mol. The van der Waals surface area contributed by atoms with Crippen LogP contribution in [0.1, 0.15) is 24.5 Å². The number of amides is 3. The molecule has 3 rings (SSSR count). The molecule has 1 fully saturated rings. The van der Waals surface area contributed by atoms with Crippen molar-refractivity contribution in [3.05, 3.63) is 53.6 Å². The number of anilines is 2. The molecule has 2 aromatic carbocycles. The molecular formula is C21H25N3O3. The normalized spacial score (nSPS) is 16.3. The van der Waals surface area contributed by atoms with Gasteiger partial charge in [0.25, 0.3) is 0 Å². The molecule has 1 heterocycles. The maximum atomic E-state index is 12.4. The van der Waals surface area contributed by atoms with E-state index in [4.69, 9.17) is 4.74 Å². The van der Waals surface area contributed by atoms with Gasteiger partial charge in [-0.15, -0.1) is 0 Å². The monoisotopic (exact) mass is 367 g/mol. The van der Waals surface area contributed by atoms with Crippen LogP contribution in [0.4, 0.5) is 16.2 Å². The van der Waals surface area contributed by atoms with E-state index < -0.39 is 0 Å². The third kappa shape index (κ3) is 4.58. The molecule has 6 nitrogen and oxygen atoms in total. The number of rotatable bonds is 5. The van der Waals surface area contributed by atoms with Crippen molar-refractivity contribution in [3.63, 3.8) is 0 Å². The number of hydrogen-bond donors (Lipinski definition) is 2. The summed E-state index contributed by atoms with van der Waals surface area (Å²) in [6.45, 7) is 7.06. The van der Waals surface area contributed by atoms with Crippen molar-refractivity contribution in [1.29, 1.82) is 0 Å². The largest absolute Gasteiger partial charge is 0.494 e. The molecule has 6 heteroatoms. The zero-order valence-corrected chi connectivity index (χ0v) is 15.9. The van der Waals surface area contributed by atoms with Gasteiger partial charge in [0, 0.05) is 24.3 Å². The van der Waals surface area contributed by atoms with Crippen LogP contribution < -0.4 is 20.3 Å². The Hall–Kier alpha value is -3.02. The topological polar surface area (TPSA) is 70.7 Å². The summed E-state index contributed by atoms with van der Waals surface area (Å²) in [7, 11) is 0. The third-order valence-electron chi connectivity index (χ3n) is 4.69. The van der Waals surface area contributed by atoms with Crippen molar-refractivity contribution in [2.75, 3.05) is 23.4 Å². The number of urea groups is 1. The molecule has 142 valence electrons. The average molecular weight is 367 g/mol. The molecule has 0 radical (unpaired) electrons. The summed E-state index contributed by atoms with van der Waals surface area (Å²) in [5.41, 5.74) is 3.88. The van der Waals surface area contributed by atoms with Crippen LogP contribution in [0.15, 0.2) is 42.5 Å². The van der Waals surface area contributed by atoms with Crippen molar-refractivity contribution in [3.8, 4) is 5.75 Å². The van der Waals surface area contributed by atoms with Gasteiger partial charge in [-0.1, -0.05) is 6.07 Å². The number of aryl methyl sites for hydroxylation is 2. The number of ether oxygens (including phenoxy) is 1. The van der Waals surface area contributed by atoms with Gasteiger partial charge in [0.15, 0.2) is 0 Å². The second-order valence-corrected chi connectivity index (χ2v) is 6.73. The lowest BCUT2D eigenvalue weighted by atomic mass is 10.1. The molecule has 0 saturated carbocycles. The Morgan fingerprint density at radius 3 is 2.56 bits per heavy atom. The minimum Gasteiger partial charge on any atom is -0.494 e. The minimum absolute atomic E-state index is 0.0182. The first-order valence-electron chi connectivity index (χ1n) is 9.14. The second kappa shape index (κ2) is 8.12. The predicted octanol–water partition coefficient (Wildman–Crippen LogP) is 3.63. The summed E-state index contributed by atoms with van der Waals surface area (Å²) in [5, 5.41) is 5.67. The Kier molecular flexibility index (Phi) is 5.64. The highest BCUT2D eigenvalue weighted by atomic mass is 16.5. The molecule has 0 aliphatic carbocycles. The summed E-state index contributed by atoms with van der Waals surface area (Å²) < 4.78 is 5.38. The lowest BCUT2D eigenvalue weighted by Crippen LogP contribution is -2.39. The molecule has 2 N–H and O–H groups in total. The predicted molar refractivity (Wildman–Crippen MR) is 106 cm³/mol. The van der Waals surface area contributed by atoms with E-state index in [0.29, 0.717) is 25.3 Å². The van der Waals surface area contributed by atoms with Gasteiger partial charge in [-0.2, -0.15) is 0 Å². The zero-order valence-electron chi connectivity index (χ0n) is 15.9. The van der Waals surface area contributed by atoms with Crippen molar-refractivity contribution < 1.29 is 14.3 Å². The van der Waals surface area contributed by atoms with E-state index in [9.17, 15) is 9.59 Å². The molecule has 0 aromatic heterocycles. The van der Waals surface area contributed by atoms with Crippen LogP contribution in [0.25, 0.3) is 0 Å². The highest BCUT2D eigenvalue weighted by Crippen LogP contribution is 2.24. The fourth-order valence-corrected chi connectivity index (χ4v) is 3.10.